The second kappa shape index (κ2) is 8.66. The lowest BCUT2D eigenvalue weighted by molar-refractivity contribution is -0.137. The molecule has 0 saturated carbocycles. The first-order valence-corrected chi connectivity index (χ1v) is 9.68. The summed E-state index contributed by atoms with van der Waals surface area (Å²) in [7, 11) is 1.46. The number of carbonyl (C=O) groups is 1. The average Bonchev–Trinajstić information content (AvgIpc) is 2.81. The van der Waals surface area contributed by atoms with E-state index in [4.69, 9.17) is 4.74 Å². The lowest BCUT2D eigenvalue weighted by Gasteiger charge is -2.21. The molecule has 0 aliphatic heterocycles. The van der Waals surface area contributed by atoms with Crippen LogP contribution < -0.4 is 10.1 Å². The van der Waals surface area contributed by atoms with Gasteiger partial charge >= 0.3 is 6.18 Å². The van der Waals surface area contributed by atoms with Crippen LogP contribution in [0.1, 0.15) is 33.2 Å². The maximum atomic E-state index is 13.1. The van der Waals surface area contributed by atoms with E-state index in [2.05, 4.69) is 15.3 Å². The predicted octanol–water partition coefficient (Wildman–Crippen LogP) is 5.18. The van der Waals surface area contributed by atoms with Gasteiger partial charge in [0.15, 0.2) is 0 Å². The Labute approximate surface area is 181 Å². The van der Waals surface area contributed by atoms with Crippen molar-refractivity contribution < 1.29 is 22.7 Å². The fraction of sp³-hybridized carbons (Fsp3) is 0.125. The van der Waals surface area contributed by atoms with E-state index in [1.165, 1.54) is 25.4 Å². The second-order valence-electron chi connectivity index (χ2n) is 7.03. The van der Waals surface area contributed by atoms with Gasteiger partial charge in [-0.05, 0) is 48.0 Å². The summed E-state index contributed by atoms with van der Waals surface area (Å²) in [6, 6.07) is 15.9. The van der Waals surface area contributed by atoms with Gasteiger partial charge in [-0.1, -0.05) is 24.3 Å². The van der Waals surface area contributed by atoms with Gasteiger partial charge in [0.2, 0.25) is 0 Å². The molecule has 1 N–H and O–H groups in total. The van der Waals surface area contributed by atoms with E-state index in [0.717, 1.165) is 17.5 Å². The summed E-state index contributed by atoms with van der Waals surface area (Å²) in [6.07, 6.45) is -1.30. The number of carbonyl (C=O) groups excluding carboxylic acids is 1. The SMILES string of the molecule is COc1cccnc1C(NC(=O)c1ccc2cccnc2c1)c1ccc(C(F)(F)F)cc1. The predicted molar refractivity (Wildman–Crippen MR) is 113 cm³/mol. The molecule has 1 amide bonds. The number of ether oxygens (including phenoxy) is 1. The third-order valence-electron chi connectivity index (χ3n) is 5.01. The van der Waals surface area contributed by atoms with E-state index in [1.54, 1.807) is 42.6 Å². The molecule has 1 unspecified atom stereocenters. The van der Waals surface area contributed by atoms with Crippen LogP contribution in [0.25, 0.3) is 10.9 Å². The molecule has 0 radical (unpaired) electrons. The molecule has 8 heteroatoms. The Morgan fingerprint density at radius 3 is 2.41 bits per heavy atom. The number of pyridine rings is 2. The highest BCUT2D eigenvalue weighted by Crippen LogP contribution is 2.33. The minimum Gasteiger partial charge on any atom is -0.495 e. The summed E-state index contributed by atoms with van der Waals surface area (Å²) in [5, 5.41) is 3.76. The number of hydrogen-bond donors (Lipinski definition) is 1. The quantitative estimate of drug-likeness (QED) is 0.468. The van der Waals surface area contributed by atoms with E-state index in [0.29, 0.717) is 28.1 Å². The maximum Gasteiger partial charge on any atom is 0.416 e. The molecule has 2 aromatic heterocycles. The summed E-state index contributed by atoms with van der Waals surface area (Å²) in [5.74, 6) is -0.0203. The van der Waals surface area contributed by atoms with Crippen molar-refractivity contribution in [3.63, 3.8) is 0 Å². The van der Waals surface area contributed by atoms with Crippen LogP contribution in [-0.2, 0) is 6.18 Å². The van der Waals surface area contributed by atoms with Gasteiger partial charge in [0.05, 0.1) is 18.2 Å². The Bertz CT molecular complexity index is 1260. The first-order chi connectivity index (χ1) is 15.4. The van der Waals surface area contributed by atoms with Crippen LogP contribution in [0.4, 0.5) is 13.2 Å². The van der Waals surface area contributed by atoms with Crippen molar-refractivity contribution in [2.45, 2.75) is 12.2 Å². The summed E-state index contributed by atoms with van der Waals surface area (Å²) in [6.45, 7) is 0. The lowest BCUT2D eigenvalue weighted by Crippen LogP contribution is -2.30. The van der Waals surface area contributed by atoms with Crippen LogP contribution in [0.3, 0.4) is 0 Å². The molecule has 4 rings (SSSR count). The number of fused-ring (bicyclic) bond motifs is 1. The van der Waals surface area contributed by atoms with E-state index in [1.807, 2.05) is 6.07 Å². The zero-order valence-electron chi connectivity index (χ0n) is 16.9. The van der Waals surface area contributed by atoms with Crippen LogP contribution in [0.2, 0.25) is 0 Å². The molecule has 1 atom stereocenters. The monoisotopic (exact) mass is 437 g/mol. The summed E-state index contributed by atoms with van der Waals surface area (Å²) in [5.41, 5.74) is 1.05. The average molecular weight is 437 g/mol. The summed E-state index contributed by atoms with van der Waals surface area (Å²) < 4.78 is 44.4. The van der Waals surface area contributed by atoms with E-state index in [9.17, 15) is 18.0 Å². The Balaban J connectivity index is 1.72. The Morgan fingerprint density at radius 1 is 0.969 bits per heavy atom. The molecular weight excluding hydrogens is 419 g/mol. The molecule has 5 nitrogen and oxygen atoms in total. The maximum absolute atomic E-state index is 13.1. The number of rotatable bonds is 5. The van der Waals surface area contributed by atoms with Crippen LogP contribution >= 0.6 is 0 Å². The third-order valence-corrected chi connectivity index (χ3v) is 5.01. The number of hydrogen-bond acceptors (Lipinski definition) is 4. The topological polar surface area (TPSA) is 64.1 Å². The van der Waals surface area contributed by atoms with Gasteiger partial charge in [0.25, 0.3) is 5.91 Å². The van der Waals surface area contributed by atoms with Gasteiger partial charge in [-0.15, -0.1) is 0 Å². The second-order valence-corrected chi connectivity index (χ2v) is 7.03. The third kappa shape index (κ3) is 4.39. The van der Waals surface area contributed by atoms with Crippen molar-refractivity contribution in [2.24, 2.45) is 0 Å². The number of aromatic nitrogens is 2. The zero-order chi connectivity index (χ0) is 22.7. The van der Waals surface area contributed by atoms with E-state index in [-0.39, 0.29) is 0 Å². The lowest BCUT2D eigenvalue weighted by atomic mass is 10.00. The molecule has 4 aromatic rings. The first kappa shape index (κ1) is 21.3. The van der Waals surface area contributed by atoms with Crippen molar-refractivity contribution in [1.82, 2.24) is 15.3 Å². The number of methoxy groups -OCH3 is 1. The van der Waals surface area contributed by atoms with E-state index >= 15 is 0 Å². The molecule has 0 saturated heterocycles. The molecule has 0 aliphatic carbocycles. The van der Waals surface area contributed by atoms with Crippen LogP contribution in [-0.4, -0.2) is 23.0 Å². The molecule has 0 spiro atoms. The number of alkyl halides is 3. The Kier molecular flexibility index (Phi) is 5.77. The van der Waals surface area contributed by atoms with Crippen molar-refractivity contribution in [2.75, 3.05) is 7.11 Å². The van der Waals surface area contributed by atoms with Crippen molar-refractivity contribution in [3.8, 4) is 5.75 Å². The largest absolute Gasteiger partial charge is 0.495 e. The first-order valence-electron chi connectivity index (χ1n) is 9.68. The molecule has 2 aromatic carbocycles. The molecule has 0 aliphatic rings. The highest BCUT2D eigenvalue weighted by molar-refractivity contribution is 5.98. The van der Waals surface area contributed by atoms with Gasteiger partial charge in [0.1, 0.15) is 17.5 Å². The molecule has 32 heavy (non-hydrogen) atoms. The van der Waals surface area contributed by atoms with Gasteiger partial charge in [-0.2, -0.15) is 13.2 Å². The molecular formula is C24H18F3N3O2. The number of amides is 1. The minimum absolute atomic E-state index is 0.364. The number of nitrogens with one attached hydrogen (secondary N) is 1. The fourth-order valence-electron chi connectivity index (χ4n) is 3.39. The normalized spacial score (nSPS) is 12.4. The number of benzene rings is 2. The van der Waals surface area contributed by atoms with Crippen molar-refractivity contribution >= 4 is 16.8 Å². The van der Waals surface area contributed by atoms with Crippen LogP contribution in [0.5, 0.6) is 5.75 Å². The van der Waals surface area contributed by atoms with Gasteiger partial charge in [-0.25, -0.2) is 0 Å². The molecule has 162 valence electrons. The highest BCUT2D eigenvalue weighted by Gasteiger charge is 2.31. The Morgan fingerprint density at radius 2 is 1.69 bits per heavy atom. The standard InChI is InChI=1S/C24H18F3N3O2/c1-32-20-5-3-13-29-22(20)21(16-8-10-18(11-9-16)24(25,26)27)30-23(31)17-7-6-15-4-2-12-28-19(15)14-17/h2-14,21H,1H3,(H,30,31). The van der Waals surface area contributed by atoms with Crippen molar-refractivity contribution in [3.05, 3.63) is 102 Å². The molecule has 0 fully saturated rings. The summed E-state index contributed by atoms with van der Waals surface area (Å²) >= 11 is 0. The van der Waals surface area contributed by atoms with Crippen LogP contribution in [0.15, 0.2) is 79.1 Å². The number of halogens is 3. The smallest absolute Gasteiger partial charge is 0.416 e. The number of nitrogens with zero attached hydrogens (tertiary/aromatic N) is 2. The summed E-state index contributed by atoms with van der Waals surface area (Å²) in [4.78, 5) is 21.7. The molecule has 2 heterocycles. The highest BCUT2D eigenvalue weighted by atomic mass is 19.4. The van der Waals surface area contributed by atoms with E-state index < -0.39 is 23.7 Å². The van der Waals surface area contributed by atoms with Crippen LogP contribution in [0, 0.1) is 0 Å². The molecule has 0 bridgehead atoms. The zero-order valence-corrected chi connectivity index (χ0v) is 16.9. The van der Waals surface area contributed by atoms with Gasteiger partial charge in [-0.3, -0.25) is 14.8 Å². The fourth-order valence-corrected chi connectivity index (χ4v) is 3.39. The van der Waals surface area contributed by atoms with Gasteiger partial charge < -0.3 is 10.1 Å². The Hall–Kier alpha value is -3.94. The minimum atomic E-state index is -4.46. The van der Waals surface area contributed by atoms with Gasteiger partial charge in [0, 0.05) is 23.3 Å². The van der Waals surface area contributed by atoms with Crippen molar-refractivity contribution in [1.29, 1.82) is 0 Å².